The number of aryl methyl sites for hydroxylation is 4. The molecule has 22 heteroatoms. The number of carbonyl (C=O) groups is 2. The van der Waals surface area contributed by atoms with E-state index >= 15 is 0 Å². The molecule has 0 aromatic heterocycles. The van der Waals surface area contributed by atoms with E-state index in [2.05, 4.69) is 16.0 Å². The highest BCUT2D eigenvalue weighted by molar-refractivity contribution is 6.06. The van der Waals surface area contributed by atoms with Gasteiger partial charge in [-0.3, -0.25) is 9.59 Å². The first-order valence-corrected chi connectivity index (χ1v) is 16.8. The minimum absolute atomic E-state index is 0.000187. The van der Waals surface area contributed by atoms with Crippen LogP contribution in [0.2, 0.25) is 0 Å². The maximum absolute atomic E-state index is 14.3. The highest BCUT2D eigenvalue weighted by Gasteiger charge is 2.74. The zero-order valence-corrected chi connectivity index (χ0v) is 31.9. The summed E-state index contributed by atoms with van der Waals surface area (Å²) in [5.41, 5.74) is -8.94. The molecule has 0 heterocycles. The van der Waals surface area contributed by atoms with Crippen molar-refractivity contribution < 1.29 is 71.1 Å². The van der Waals surface area contributed by atoms with E-state index < -0.39 is 59.0 Å². The average molecular weight is 881 g/mol. The fraction of sp³-hybridized carbons (Fsp3) is 0.282. The fourth-order valence-corrected chi connectivity index (χ4v) is 5.86. The van der Waals surface area contributed by atoms with Crippen molar-refractivity contribution in [3.63, 3.8) is 0 Å². The van der Waals surface area contributed by atoms with Crippen molar-refractivity contribution in [3.8, 4) is 12.1 Å². The second-order valence-electron chi connectivity index (χ2n) is 13.2. The molecule has 0 aliphatic heterocycles. The molecule has 0 aliphatic rings. The first-order chi connectivity index (χ1) is 27.8. The summed E-state index contributed by atoms with van der Waals surface area (Å²) in [7, 11) is 1.52. The van der Waals surface area contributed by atoms with E-state index in [9.17, 15) is 71.1 Å². The lowest BCUT2D eigenvalue weighted by Gasteiger charge is -2.31. The molecule has 5 N–H and O–H groups in total. The Bertz CT molecular complexity index is 2350. The fourth-order valence-electron chi connectivity index (χ4n) is 5.86. The van der Waals surface area contributed by atoms with Crippen molar-refractivity contribution in [2.75, 3.05) is 28.7 Å². The summed E-state index contributed by atoms with van der Waals surface area (Å²) in [5.74, 6) is -1.50. The molecule has 2 amide bonds. The molecular formula is C39H30F14N6O2. The minimum atomic E-state index is -6.24. The van der Waals surface area contributed by atoms with Crippen LogP contribution in [-0.2, 0) is 11.3 Å². The van der Waals surface area contributed by atoms with E-state index in [0.717, 1.165) is 27.7 Å². The second kappa shape index (κ2) is 17.2. The van der Waals surface area contributed by atoms with Gasteiger partial charge in [0.25, 0.3) is 11.8 Å². The number of benzene rings is 4. The van der Waals surface area contributed by atoms with Gasteiger partial charge in [-0.05, 0) is 86.3 Å². The van der Waals surface area contributed by atoms with E-state index in [0.29, 0.717) is 30.0 Å². The van der Waals surface area contributed by atoms with E-state index in [1.165, 1.54) is 43.4 Å². The van der Waals surface area contributed by atoms with Gasteiger partial charge in [0, 0.05) is 40.7 Å². The summed E-state index contributed by atoms with van der Waals surface area (Å²) in [6, 6.07) is 13.1. The van der Waals surface area contributed by atoms with Crippen LogP contribution in [-0.4, -0.2) is 43.6 Å². The third-order valence-electron chi connectivity index (χ3n) is 9.01. The number of anilines is 4. The molecule has 4 aromatic carbocycles. The van der Waals surface area contributed by atoms with Crippen LogP contribution in [0.3, 0.4) is 0 Å². The van der Waals surface area contributed by atoms with Crippen molar-refractivity contribution in [1.82, 2.24) is 0 Å². The van der Waals surface area contributed by atoms with Gasteiger partial charge in [-0.2, -0.15) is 63.2 Å². The number of alkyl halides is 14. The van der Waals surface area contributed by atoms with E-state index in [1.54, 1.807) is 6.07 Å². The van der Waals surface area contributed by atoms with Crippen LogP contribution < -0.4 is 21.7 Å². The number of hydrogen-bond donors (Lipinski definition) is 4. The smallest absolute Gasteiger partial charge is 0.398 e. The van der Waals surface area contributed by atoms with Crippen molar-refractivity contribution in [1.29, 1.82) is 10.5 Å². The maximum Gasteiger partial charge on any atom is 0.435 e. The van der Waals surface area contributed by atoms with Crippen LogP contribution in [0.1, 0.15) is 65.2 Å². The number of nitrogens with one attached hydrogen (secondary N) is 3. The van der Waals surface area contributed by atoms with Gasteiger partial charge in [-0.1, -0.05) is 24.3 Å². The Balaban J connectivity index is 0.000000325. The highest BCUT2D eigenvalue weighted by Crippen LogP contribution is 2.55. The SMILES string of the molecule is CNc1cc(C(=O)Nc2c(C)cc(C(F)(C(F)(F)F)C(F)(F)F)cc2C)ccc1C#N.Cc1cc(C(F)(C(F)(F)F)C(F)(F)F)cc(C)c1NC(=O)c1ccc(C#N)c(N)c1. The van der Waals surface area contributed by atoms with Crippen LogP contribution in [0.5, 0.6) is 0 Å². The van der Waals surface area contributed by atoms with Crippen LogP contribution in [0, 0.1) is 50.4 Å². The summed E-state index contributed by atoms with van der Waals surface area (Å²) in [6.07, 6.45) is -25.0. The van der Waals surface area contributed by atoms with Crippen LogP contribution in [0.15, 0.2) is 60.7 Å². The first-order valence-electron chi connectivity index (χ1n) is 16.8. The molecule has 4 aromatic rings. The molecular weight excluding hydrogens is 850 g/mol. The molecule has 0 radical (unpaired) electrons. The van der Waals surface area contributed by atoms with Gasteiger partial charge < -0.3 is 21.7 Å². The van der Waals surface area contributed by atoms with Crippen molar-refractivity contribution in [3.05, 3.63) is 116 Å². The standard InChI is InChI=1S/C20H16F7N3O.C19H14F7N3O/c1-10-6-14(18(21,19(22,23)24)20(25,26)27)7-11(2)16(10)30-17(31)12-4-5-13(9-28)15(8-12)29-3;1-9-5-13(17(20,18(21,22)23)19(24,25)26)6-10(2)15(9)29-16(30)11-3-4-12(8-27)14(28)7-11/h4-8,29H,1-3H3,(H,30,31);3-7H,28H2,1-2H3,(H,29,30). The molecule has 0 spiro atoms. The molecule has 0 aliphatic carbocycles. The first kappa shape index (κ1) is 48.8. The number of nitriles is 2. The summed E-state index contributed by atoms with van der Waals surface area (Å²) >= 11 is 0. The van der Waals surface area contributed by atoms with Crippen molar-refractivity contribution in [2.24, 2.45) is 0 Å². The quantitative estimate of drug-likeness (QED) is 0.107. The molecule has 0 fully saturated rings. The van der Waals surface area contributed by atoms with Gasteiger partial charge >= 0.3 is 36.0 Å². The molecule has 0 saturated heterocycles. The molecule has 0 saturated carbocycles. The van der Waals surface area contributed by atoms with Crippen molar-refractivity contribution in [2.45, 2.75) is 63.7 Å². The monoisotopic (exact) mass is 880 g/mol. The minimum Gasteiger partial charge on any atom is -0.398 e. The van der Waals surface area contributed by atoms with E-state index in [4.69, 9.17) is 16.3 Å². The Morgan fingerprint density at radius 2 is 0.836 bits per heavy atom. The maximum atomic E-state index is 14.3. The summed E-state index contributed by atoms with van der Waals surface area (Å²) in [4.78, 5) is 24.9. The number of rotatable bonds is 7. The molecule has 0 atom stereocenters. The molecule has 8 nitrogen and oxygen atoms in total. The Morgan fingerprint density at radius 3 is 1.11 bits per heavy atom. The zero-order valence-electron chi connectivity index (χ0n) is 31.9. The lowest BCUT2D eigenvalue weighted by molar-refractivity contribution is -0.349. The lowest BCUT2D eigenvalue weighted by Crippen LogP contribution is -2.50. The Morgan fingerprint density at radius 1 is 0.525 bits per heavy atom. The van der Waals surface area contributed by atoms with Gasteiger partial charge in [0.15, 0.2) is 0 Å². The predicted octanol–water partition coefficient (Wildman–Crippen LogP) is 11.1. The average Bonchev–Trinajstić information content (AvgIpc) is 3.14. The zero-order chi connectivity index (χ0) is 46.8. The summed E-state index contributed by atoms with van der Waals surface area (Å²) < 4.78 is 185. The number of nitrogens with zero attached hydrogens (tertiary/aromatic N) is 2. The Hall–Kier alpha value is -6.58. The van der Waals surface area contributed by atoms with Gasteiger partial charge in [0.2, 0.25) is 0 Å². The summed E-state index contributed by atoms with van der Waals surface area (Å²) in [6.45, 7) is 4.56. The molecule has 61 heavy (non-hydrogen) atoms. The largest absolute Gasteiger partial charge is 0.435 e. The molecule has 0 bridgehead atoms. The third-order valence-corrected chi connectivity index (χ3v) is 9.01. The Kier molecular flexibility index (Phi) is 13.7. The predicted molar refractivity (Wildman–Crippen MR) is 194 cm³/mol. The van der Waals surface area contributed by atoms with Gasteiger partial charge in [-0.15, -0.1) is 0 Å². The molecule has 4 rings (SSSR count). The van der Waals surface area contributed by atoms with E-state index in [-0.39, 0.29) is 61.6 Å². The number of hydrogen-bond acceptors (Lipinski definition) is 6. The number of halogens is 14. The number of carbonyl (C=O) groups excluding carboxylic acids is 2. The van der Waals surface area contributed by atoms with Crippen molar-refractivity contribution >= 4 is 34.6 Å². The normalized spacial score (nSPS) is 12.3. The van der Waals surface area contributed by atoms with Crippen LogP contribution in [0.4, 0.5) is 84.2 Å². The molecule has 0 unspecified atom stereocenters. The van der Waals surface area contributed by atoms with Crippen LogP contribution >= 0.6 is 0 Å². The number of nitrogen functional groups attached to an aromatic ring is 1. The molecule has 326 valence electrons. The third kappa shape index (κ3) is 9.58. The summed E-state index contributed by atoms with van der Waals surface area (Å²) in [5, 5.41) is 25.3. The Labute approximate surface area is 336 Å². The van der Waals surface area contributed by atoms with Gasteiger partial charge in [0.05, 0.1) is 22.5 Å². The second-order valence-corrected chi connectivity index (χ2v) is 13.2. The topological polar surface area (TPSA) is 144 Å². The lowest BCUT2D eigenvalue weighted by atomic mass is 9.90. The van der Waals surface area contributed by atoms with Gasteiger partial charge in [0.1, 0.15) is 12.1 Å². The number of amides is 2. The number of nitrogens with two attached hydrogens (primary N) is 1. The van der Waals surface area contributed by atoms with Crippen LogP contribution in [0.25, 0.3) is 0 Å². The van der Waals surface area contributed by atoms with Gasteiger partial charge in [-0.25, -0.2) is 8.78 Å². The van der Waals surface area contributed by atoms with E-state index in [1.807, 2.05) is 6.07 Å². The highest BCUT2D eigenvalue weighted by atomic mass is 19.4.